The van der Waals surface area contributed by atoms with Crippen molar-refractivity contribution in [1.29, 1.82) is 0 Å². The molecule has 1 aromatic heterocycles. The second kappa shape index (κ2) is 5.53. The fourth-order valence-electron chi connectivity index (χ4n) is 0.933. The van der Waals surface area contributed by atoms with Crippen LogP contribution in [0.1, 0.15) is 6.92 Å². The molecule has 0 radical (unpaired) electrons. The lowest BCUT2D eigenvalue weighted by Crippen LogP contribution is -2.27. The van der Waals surface area contributed by atoms with E-state index in [2.05, 4.69) is 9.71 Å². The molecule has 0 aliphatic carbocycles. The van der Waals surface area contributed by atoms with E-state index in [1.54, 1.807) is 13.1 Å². The van der Waals surface area contributed by atoms with Crippen LogP contribution in [0.3, 0.4) is 0 Å². The number of thioether (sulfide) groups is 1. The summed E-state index contributed by atoms with van der Waals surface area (Å²) in [7, 11) is -1.15. The van der Waals surface area contributed by atoms with E-state index in [4.69, 9.17) is 0 Å². The van der Waals surface area contributed by atoms with Gasteiger partial charge in [0.15, 0.2) is 5.16 Å². The summed E-state index contributed by atoms with van der Waals surface area (Å²) < 4.78 is 26.6. The summed E-state index contributed by atoms with van der Waals surface area (Å²) in [5, 5.41) is 0.894. The van der Waals surface area contributed by atoms with Gasteiger partial charge in [0, 0.05) is 31.7 Å². The van der Waals surface area contributed by atoms with E-state index in [1.165, 1.54) is 11.8 Å². The molecule has 0 unspecified atom stereocenters. The number of imidazole rings is 1. The molecule has 5 nitrogen and oxygen atoms in total. The zero-order chi connectivity index (χ0) is 11.3. The third-order valence-electron chi connectivity index (χ3n) is 1.81. The molecule has 1 N–H and O–H groups in total. The minimum atomic E-state index is -3.06. The second-order valence-electron chi connectivity index (χ2n) is 2.97. The van der Waals surface area contributed by atoms with Gasteiger partial charge in [0.05, 0.1) is 5.75 Å². The average Bonchev–Trinajstić information content (AvgIpc) is 2.59. The maximum atomic E-state index is 11.1. The number of nitrogens with one attached hydrogen (secondary N) is 1. The Balaban J connectivity index is 2.26. The predicted octanol–water partition coefficient (Wildman–Crippen LogP) is 0.451. The van der Waals surface area contributed by atoms with Crippen LogP contribution in [0.5, 0.6) is 0 Å². The molecule has 7 heteroatoms. The first-order valence-corrected chi connectivity index (χ1v) is 7.26. The van der Waals surface area contributed by atoms with Crippen LogP contribution < -0.4 is 4.72 Å². The van der Waals surface area contributed by atoms with Gasteiger partial charge in [-0.05, 0) is 6.92 Å². The first-order valence-electron chi connectivity index (χ1n) is 4.62. The molecule has 0 aromatic carbocycles. The van der Waals surface area contributed by atoms with Crippen molar-refractivity contribution >= 4 is 21.8 Å². The fourth-order valence-corrected chi connectivity index (χ4v) is 2.47. The van der Waals surface area contributed by atoms with E-state index >= 15 is 0 Å². The van der Waals surface area contributed by atoms with E-state index in [9.17, 15) is 8.42 Å². The van der Waals surface area contributed by atoms with Crippen LogP contribution in [-0.4, -0.2) is 36.0 Å². The molecule has 0 bridgehead atoms. The van der Waals surface area contributed by atoms with Crippen molar-refractivity contribution in [2.24, 2.45) is 7.05 Å². The van der Waals surface area contributed by atoms with Gasteiger partial charge in [-0.2, -0.15) is 0 Å². The Morgan fingerprint density at radius 3 is 2.87 bits per heavy atom. The van der Waals surface area contributed by atoms with Crippen LogP contribution in [-0.2, 0) is 17.1 Å². The summed E-state index contributed by atoms with van der Waals surface area (Å²) >= 11 is 1.53. The van der Waals surface area contributed by atoms with Gasteiger partial charge >= 0.3 is 0 Å². The Hall–Kier alpha value is -0.530. The normalized spacial score (nSPS) is 11.9. The Morgan fingerprint density at radius 1 is 1.60 bits per heavy atom. The molecular formula is C8H15N3O2S2. The quantitative estimate of drug-likeness (QED) is 0.587. The maximum Gasteiger partial charge on any atom is 0.211 e. The molecule has 0 saturated carbocycles. The highest BCUT2D eigenvalue weighted by molar-refractivity contribution is 7.99. The first-order chi connectivity index (χ1) is 7.05. The standard InChI is InChI=1S/C8H15N3O2S2/c1-3-15(12,13)10-5-7-14-8-9-4-6-11(8)2/h4,6,10H,3,5,7H2,1-2H3. The monoisotopic (exact) mass is 249 g/mol. The Kier molecular flexibility index (Phi) is 4.62. The van der Waals surface area contributed by atoms with Crippen LogP contribution in [0, 0.1) is 0 Å². The fraction of sp³-hybridized carbons (Fsp3) is 0.625. The molecule has 0 spiro atoms. The van der Waals surface area contributed by atoms with E-state index in [1.807, 2.05) is 17.8 Å². The van der Waals surface area contributed by atoms with Crippen LogP contribution >= 0.6 is 11.8 Å². The lowest BCUT2D eigenvalue weighted by Gasteiger charge is -2.03. The molecule has 1 rings (SSSR count). The largest absolute Gasteiger partial charge is 0.329 e. The summed E-state index contributed by atoms with van der Waals surface area (Å²) in [5.74, 6) is 0.810. The zero-order valence-corrected chi connectivity index (χ0v) is 10.4. The Bertz CT molecular complexity index is 400. The smallest absolute Gasteiger partial charge is 0.211 e. The van der Waals surface area contributed by atoms with Gasteiger partial charge in [0.2, 0.25) is 10.0 Å². The SMILES string of the molecule is CCS(=O)(=O)NCCSc1nccn1C. The number of hydrogen-bond acceptors (Lipinski definition) is 4. The van der Waals surface area contributed by atoms with Gasteiger partial charge in [-0.15, -0.1) is 0 Å². The molecule has 0 atom stereocenters. The van der Waals surface area contributed by atoms with E-state index in [0.29, 0.717) is 12.3 Å². The molecule has 1 heterocycles. The van der Waals surface area contributed by atoms with E-state index in [0.717, 1.165) is 5.16 Å². The molecule has 0 aliphatic rings. The van der Waals surface area contributed by atoms with Gasteiger partial charge in [0.1, 0.15) is 0 Å². The topological polar surface area (TPSA) is 64.0 Å². The van der Waals surface area contributed by atoms with Crippen LogP contribution in [0.25, 0.3) is 0 Å². The number of nitrogens with zero attached hydrogens (tertiary/aromatic N) is 2. The van der Waals surface area contributed by atoms with Crippen LogP contribution in [0.4, 0.5) is 0 Å². The van der Waals surface area contributed by atoms with Crippen molar-refractivity contribution in [2.75, 3.05) is 18.1 Å². The highest BCUT2D eigenvalue weighted by atomic mass is 32.2. The summed E-state index contributed by atoms with van der Waals surface area (Å²) in [5.41, 5.74) is 0. The van der Waals surface area contributed by atoms with Crippen molar-refractivity contribution in [2.45, 2.75) is 12.1 Å². The number of rotatable bonds is 6. The highest BCUT2D eigenvalue weighted by Gasteiger charge is 2.05. The number of hydrogen-bond donors (Lipinski definition) is 1. The molecule has 0 saturated heterocycles. The minimum Gasteiger partial charge on any atom is -0.329 e. The van der Waals surface area contributed by atoms with Crippen molar-refractivity contribution < 1.29 is 8.42 Å². The molecule has 15 heavy (non-hydrogen) atoms. The summed E-state index contributed by atoms with van der Waals surface area (Å²) in [6, 6.07) is 0. The van der Waals surface area contributed by atoms with Crippen molar-refractivity contribution in [1.82, 2.24) is 14.3 Å². The Morgan fingerprint density at radius 2 is 2.33 bits per heavy atom. The summed E-state index contributed by atoms with van der Waals surface area (Å²) in [6.45, 7) is 2.06. The predicted molar refractivity (Wildman–Crippen MR) is 61.4 cm³/mol. The van der Waals surface area contributed by atoms with Crippen molar-refractivity contribution in [3.8, 4) is 0 Å². The number of aromatic nitrogens is 2. The lowest BCUT2D eigenvalue weighted by atomic mass is 10.8. The van der Waals surface area contributed by atoms with Gasteiger partial charge < -0.3 is 4.57 Å². The molecule has 0 aliphatic heterocycles. The van der Waals surface area contributed by atoms with E-state index < -0.39 is 10.0 Å². The highest BCUT2D eigenvalue weighted by Crippen LogP contribution is 2.12. The zero-order valence-electron chi connectivity index (χ0n) is 8.80. The van der Waals surface area contributed by atoms with Crippen molar-refractivity contribution in [3.63, 3.8) is 0 Å². The average molecular weight is 249 g/mol. The van der Waals surface area contributed by atoms with E-state index in [-0.39, 0.29) is 5.75 Å². The number of sulfonamides is 1. The van der Waals surface area contributed by atoms with Gasteiger partial charge in [0.25, 0.3) is 0 Å². The molecule has 0 amide bonds. The lowest BCUT2D eigenvalue weighted by molar-refractivity contribution is 0.585. The summed E-state index contributed by atoms with van der Waals surface area (Å²) in [6.07, 6.45) is 3.58. The van der Waals surface area contributed by atoms with Crippen molar-refractivity contribution in [3.05, 3.63) is 12.4 Å². The third-order valence-corrected chi connectivity index (χ3v) is 4.28. The van der Waals surface area contributed by atoms with Gasteiger partial charge in [-0.1, -0.05) is 11.8 Å². The molecule has 1 aromatic rings. The molecular weight excluding hydrogens is 234 g/mol. The van der Waals surface area contributed by atoms with Gasteiger partial charge in [-0.3, -0.25) is 0 Å². The molecule has 0 fully saturated rings. The third kappa shape index (κ3) is 4.23. The summed E-state index contributed by atoms with van der Waals surface area (Å²) in [4.78, 5) is 4.12. The van der Waals surface area contributed by atoms with Gasteiger partial charge in [-0.25, -0.2) is 18.1 Å². The molecule has 86 valence electrons. The van der Waals surface area contributed by atoms with Crippen LogP contribution in [0.15, 0.2) is 17.6 Å². The van der Waals surface area contributed by atoms with Crippen LogP contribution in [0.2, 0.25) is 0 Å². The minimum absolute atomic E-state index is 0.125. The maximum absolute atomic E-state index is 11.1. The first kappa shape index (κ1) is 12.5. The Labute approximate surface area is 94.3 Å². The second-order valence-corrected chi connectivity index (χ2v) is 6.12. The number of aryl methyl sites for hydroxylation is 1.